The molecule has 4 N–H and O–H groups in total. The average Bonchev–Trinajstić information content (AvgIpc) is 3.25. The Morgan fingerprint density at radius 2 is 2.00 bits per heavy atom. The number of carbonyl (C=O) groups is 1. The minimum absolute atomic E-state index is 0.0606. The van der Waals surface area contributed by atoms with Gasteiger partial charge in [-0.15, -0.1) is 0 Å². The van der Waals surface area contributed by atoms with Crippen molar-refractivity contribution < 1.29 is 27.5 Å². The van der Waals surface area contributed by atoms with Crippen molar-refractivity contribution in [1.29, 1.82) is 0 Å². The largest absolute Gasteiger partial charge is 0.393 e. The van der Waals surface area contributed by atoms with Gasteiger partial charge in [-0.1, -0.05) is 17.4 Å². The molecular weight excluding hydrogens is 476 g/mol. The third-order valence-electron chi connectivity index (χ3n) is 5.41. The predicted molar refractivity (Wildman–Crippen MR) is 120 cm³/mol. The Balaban J connectivity index is 1.63. The molecule has 3 heterocycles. The molecule has 1 saturated heterocycles. The third kappa shape index (κ3) is 4.99. The molecule has 3 aromatic rings. The summed E-state index contributed by atoms with van der Waals surface area (Å²) in [6.07, 6.45) is -0.286. The maximum absolute atomic E-state index is 14.1. The molecule has 2 aromatic heterocycles. The van der Waals surface area contributed by atoms with Gasteiger partial charge < -0.3 is 21.1 Å². The summed E-state index contributed by atoms with van der Waals surface area (Å²) in [5.74, 6) is -2.19. The monoisotopic (exact) mass is 498 g/mol. The van der Waals surface area contributed by atoms with E-state index in [-0.39, 0.29) is 27.2 Å². The van der Waals surface area contributed by atoms with Crippen LogP contribution < -0.4 is 16.0 Å². The fourth-order valence-corrected chi connectivity index (χ4v) is 4.72. The number of nitrogens with zero attached hydrogens (tertiary/aromatic N) is 4. The first kappa shape index (κ1) is 24.0. The number of nitrogen functional groups attached to an aromatic ring is 1. The number of carbonyl (C=O) groups excluding carboxylic acids is 1. The summed E-state index contributed by atoms with van der Waals surface area (Å²) >= 11 is 0.751. The van der Waals surface area contributed by atoms with Crippen LogP contribution in [0.1, 0.15) is 29.8 Å². The number of anilines is 3. The molecule has 13 heteroatoms. The van der Waals surface area contributed by atoms with E-state index in [4.69, 9.17) is 5.73 Å². The summed E-state index contributed by atoms with van der Waals surface area (Å²) in [6.45, 7) is 0.179. The second-order valence-corrected chi connectivity index (χ2v) is 8.84. The summed E-state index contributed by atoms with van der Waals surface area (Å²) in [5, 5.41) is 16.4. The van der Waals surface area contributed by atoms with E-state index < -0.39 is 42.2 Å². The highest BCUT2D eigenvalue weighted by molar-refractivity contribution is 7.19. The number of rotatable bonds is 6. The van der Waals surface area contributed by atoms with Crippen molar-refractivity contribution in [1.82, 2.24) is 14.8 Å². The highest BCUT2D eigenvalue weighted by Gasteiger charge is 2.26. The van der Waals surface area contributed by atoms with Crippen LogP contribution in [0.5, 0.6) is 0 Å². The summed E-state index contributed by atoms with van der Waals surface area (Å²) < 4.78 is 55.7. The number of nitrogens with one attached hydrogen (secondary N) is 1. The molecule has 4 rings (SSSR count). The van der Waals surface area contributed by atoms with E-state index in [9.17, 15) is 27.5 Å². The van der Waals surface area contributed by atoms with Gasteiger partial charge in [0.25, 0.3) is 12.3 Å². The fraction of sp³-hybridized carbons (Fsp3) is 0.381. The number of aromatic nitrogens is 3. The number of hydrogen-bond acceptors (Lipinski definition) is 7. The first-order valence-electron chi connectivity index (χ1n) is 10.5. The molecule has 8 nitrogen and oxygen atoms in total. The van der Waals surface area contributed by atoms with Crippen molar-refractivity contribution in [3.05, 3.63) is 41.7 Å². The van der Waals surface area contributed by atoms with E-state index in [1.54, 1.807) is 4.90 Å². The van der Waals surface area contributed by atoms with Gasteiger partial charge in [-0.3, -0.25) is 4.79 Å². The van der Waals surface area contributed by atoms with Gasteiger partial charge in [0, 0.05) is 13.1 Å². The normalized spacial score (nSPS) is 16.6. The van der Waals surface area contributed by atoms with Crippen molar-refractivity contribution in [3.63, 3.8) is 0 Å². The van der Waals surface area contributed by atoms with Crippen molar-refractivity contribution in [2.45, 2.75) is 38.3 Å². The molecule has 1 atom stereocenters. The first-order chi connectivity index (χ1) is 16.2. The van der Waals surface area contributed by atoms with Crippen molar-refractivity contribution >= 4 is 33.8 Å². The lowest BCUT2D eigenvalue weighted by Gasteiger charge is -2.25. The predicted octanol–water partition coefficient (Wildman–Crippen LogP) is 3.74. The minimum atomic E-state index is -2.67. The van der Waals surface area contributed by atoms with Crippen molar-refractivity contribution in [2.24, 2.45) is 0 Å². The molecule has 1 aliphatic heterocycles. The van der Waals surface area contributed by atoms with Crippen LogP contribution in [0.15, 0.2) is 24.4 Å². The molecule has 0 bridgehead atoms. The number of hydrogen-bond donors (Lipinski definition) is 3. The Bertz CT molecular complexity index is 1160. The number of nitrogens with two attached hydrogens (primary N) is 1. The zero-order valence-electron chi connectivity index (χ0n) is 17.8. The Morgan fingerprint density at radius 1 is 1.26 bits per heavy atom. The summed E-state index contributed by atoms with van der Waals surface area (Å²) in [5.41, 5.74) is 5.43. The Kier molecular flexibility index (Phi) is 7.03. The summed E-state index contributed by atoms with van der Waals surface area (Å²) in [4.78, 5) is 18.8. The number of benzene rings is 1. The highest BCUT2D eigenvalue weighted by atomic mass is 32.1. The Morgan fingerprint density at radius 3 is 2.71 bits per heavy atom. The number of halogens is 4. The maximum atomic E-state index is 14.1. The van der Waals surface area contributed by atoms with Crippen LogP contribution in [0.2, 0.25) is 0 Å². The molecule has 1 amide bonds. The molecular formula is C21H22F4N6O2S. The zero-order chi connectivity index (χ0) is 24.4. The lowest BCUT2D eigenvalue weighted by Crippen LogP contribution is -2.29. The zero-order valence-corrected chi connectivity index (χ0v) is 18.7. The first-order valence-corrected chi connectivity index (χ1v) is 11.3. The number of amides is 1. The molecule has 1 aromatic carbocycles. The van der Waals surface area contributed by atoms with Crippen LogP contribution in [-0.4, -0.2) is 51.4 Å². The third-order valence-corrected chi connectivity index (χ3v) is 6.32. The van der Waals surface area contributed by atoms with Crippen LogP contribution >= 0.6 is 11.3 Å². The van der Waals surface area contributed by atoms with E-state index in [1.165, 1.54) is 12.3 Å². The van der Waals surface area contributed by atoms with E-state index in [1.807, 2.05) is 0 Å². The number of aliphatic hydroxyl groups excluding tert-OH is 1. The fourth-order valence-electron chi connectivity index (χ4n) is 3.84. The number of aliphatic hydroxyl groups is 1. The highest BCUT2D eigenvalue weighted by Crippen LogP contribution is 2.35. The molecule has 1 fully saturated rings. The molecule has 182 valence electrons. The molecule has 1 aliphatic rings. The standard InChI is InChI=1S/C21H22F4N6O2S/c22-12-4-1-5-13(23)16(12)20-29-17(18(26)34-20)19(33)28-14-9-27-31(10-15(24)25)21(14)30-7-2-3-11(32)6-8-30/h1,4-5,9,11,15,32H,2-3,6-8,10,26H2,(H,28,33)/t11-/m0/s1. The van der Waals surface area contributed by atoms with Gasteiger partial charge >= 0.3 is 0 Å². The van der Waals surface area contributed by atoms with Gasteiger partial charge in [0.05, 0.1) is 17.9 Å². The topological polar surface area (TPSA) is 109 Å². The average molecular weight is 499 g/mol. The lowest BCUT2D eigenvalue weighted by atomic mass is 10.2. The number of thiazole rings is 1. The number of alkyl halides is 2. The minimum Gasteiger partial charge on any atom is -0.393 e. The molecule has 0 aliphatic carbocycles. The van der Waals surface area contributed by atoms with Crippen LogP contribution in [0.25, 0.3) is 10.6 Å². The van der Waals surface area contributed by atoms with E-state index in [0.717, 1.165) is 28.2 Å². The van der Waals surface area contributed by atoms with Gasteiger partial charge in [-0.2, -0.15) is 5.10 Å². The van der Waals surface area contributed by atoms with Crippen LogP contribution in [0.3, 0.4) is 0 Å². The molecule has 0 spiro atoms. The Labute approximate surface area is 196 Å². The van der Waals surface area contributed by atoms with Gasteiger partial charge in [0.1, 0.15) is 33.9 Å². The van der Waals surface area contributed by atoms with Gasteiger partial charge in [-0.25, -0.2) is 27.2 Å². The van der Waals surface area contributed by atoms with Crippen LogP contribution in [-0.2, 0) is 6.54 Å². The molecule has 0 radical (unpaired) electrons. The van der Waals surface area contributed by atoms with E-state index in [2.05, 4.69) is 15.4 Å². The molecule has 0 unspecified atom stereocenters. The van der Waals surface area contributed by atoms with Crippen molar-refractivity contribution in [3.8, 4) is 10.6 Å². The van der Waals surface area contributed by atoms with Crippen LogP contribution in [0.4, 0.5) is 34.1 Å². The lowest BCUT2D eigenvalue weighted by molar-refractivity contribution is 0.102. The van der Waals surface area contributed by atoms with Crippen molar-refractivity contribution in [2.75, 3.05) is 29.0 Å². The van der Waals surface area contributed by atoms with E-state index in [0.29, 0.717) is 32.4 Å². The second-order valence-electron chi connectivity index (χ2n) is 7.81. The second kappa shape index (κ2) is 9.97. The summed E-state index contributed by atoms with van der Waals surface area (Å²) in [7, 11) is 0. The van der Waals surface area contributed by atoms with Crippen LogP contribution in [0, 0.1) is 11.6 Å². The quantitative estimate of drug-likeness (QED) is 0.447. The van der Waals surface area contributed by atoms with Gasteiger partial charge in [0.2, 0.25) is 0 Å². The SMILES string of the molecule is Nc1sc(-c2c(F)cccc2F)nc1C(=O)Nc1cnn(CC(F)F)c1N1CCC[C@H](O)CC1. The Hall–Kier alpha value is -3.19. The van der Waals surface area contributed by atoms with Gasteiger partial charge in [0.15, 0.2) is 11.5 Å². The van der Waals surface area contributed by atoms with Gasteiger partial charge in [-0.05, 0) is 31.4 Å². The summed E-state index contributed by atoms with van der Waals surface area (Å²) in [6, 6.07) is 3.34. The molecule has 34 heavy (non-hydrogen) atoms. The maximum Gasteiger partial charge on any atom is 0.277 e. The smallest absolute Gasteiger partial charge is 0.277 e. The molecule has 0 saturated carbocycles. The van der Waals surface area contributed by atoms with E-state index >= 15 is 0 Å².